The van der Waals surface area contributed by atoms with E-state index in [0.29, 0.717) is 5.75 Å². The molecule has 3 aromatic rings. The summed E-state index contributed by atoms with van der Waals surface area (Å²) in [4.78, 5) is 12.0. The lowest BCUT2D eigenvalue weighted by Gasteiger charge is -2.24. The molecular weight excluding hydrogens is 344 g/mol. The van der Waals surface area contributed by atoms with Crippen LogP contribution >= 0.6 is 0 Å². The molecule has 0 aliphatic rings. The van der Waals surface area contributed by atoms with Gasteiger partial charge in [-0.3, -0.25) is 4.79 Å². The van der Waals surface area contributed by atoms with Crippen molar-refractivity contribution in [3.63, 3.8) is 0 Å². The predicted octanol–water partition coefficient (Wildman–Crippen LogP) is 6.48. The Balaban J connectivity index is 2.19. The van der Waals surface area contributed by atoms with Gasteiger partial charge in [0.1, 0.15) is 5.75 Å². The topological polar surface area (TPSA) is 26.3 Å². The fourth-order valence-corrected chi connectivity index (χ4v) is 3.69. The first kappa shape index (κ1) is 19.9. The predicted molar refractivity (Wildman–Crippen MR) is 115 cm³/mol. The van der Waals surface area contributed by atoms with Gasteiger partial charge in [0.15, 0.2) is 0 Å². The molecule has 0 radical (unpaired) electrons. The highest BCUT2D eigenvalue weighted by molar-refractivity contribution is 5.71. The van der Waals surface area contributed by atoms with Gasteiger partial charge in [0.05, 0.1) is 0 Å². The van der Waals surface area contributed by atoms with Crippen molar-refractivity contribution in [3.8, 4) is 5.75 Å². The van der Waals surface area contributed by atoms with E-state index in [-0.39, 0.29) is 17.8 Å². The second-order valence-electron chi connectivity index (χ2n) is 7.32. The molecule has 2 unspecified atom stereocenters. The van der Waals surface area contributed by atoms with Crippen LogP contribution in [0.5, 0.6) is 5.75 Å². The van der Waals surface area contributed by atoms with Crippen molar-refractivity contribution in [2.75, 3.05) is 0 Å². The fraction of sp³-hybridized carbons (Fsp3) is 0.269. The second kappa shape index (κ2) is 8.88. The molecule has 28 heavy (non-hydrogen) atoms. The molecule has 144 valence electrons. The van der Waals surface area contributed by atoms with Gasteiger partial charge in [-0.05, 0) is 23.1 Å². The van der Waals surface area contributed by atoms with Crippen LogP contribution < -0.4 is 4.74 Å². The van der Waals surface area contributed by atoms with Crippen molar-refractivity contribution in [3.05, 3.63) is 101 Å². The number of esters is 1. The Morgan fingerprint density at radius 2 is 1.25 bits per heavy atom. The molecule has 3 rings (SSSR count). The summed E-state index contributed by atoms with van der Waals surface area (Å²) in [5, 5.41) is 0. The highest BCUT2D eigenvalue weighted by Crippen LogP contribution is 2.40. The molecule has 0 N–H and O–H groups in total. The number of carbonyl (C=O) groups excluding carboxylic acids is 1. The van der Waals surface area contributed by atoms with Crippen LogP contribution in [0.1, 0.15) is 67.3 Å². The van der Waals surface area contributed by atoms with Crippen LogP contribution in [0.3, 0.4) is 0 Å². The minimum Gasteiger partial charge on any atom is -0.426 e. The van der Waals surface area contributed by atoms with Crippen molar-refractivity contribution in [1.82, 2.24) is 0 Å². The Kier molecular flexibility index (Phi) is 6.30. The summed E-state index contributed by atoms with van der Waals surface area (Å²) in [6.45, 7) is 7.98. The minimum absolute atomic E-state index is 0.128. The number of hydrogen-bond acceptors (Lipinski definition) is 2. The van der Waals surface area contributed by atoms with Gasteiger partial charge >= 0.3 is 5.97 Å². The summed E-state index contributed by atoms with van der Waals surface area (Å²) in [5.74, 6) is 0.678. The van der Waals surface area contributed by atoms with Crippen molar-refractivity contribution in [2.24, 2.45) is 0 Å². The maximum absolute atomic E-state index is 12.0. The highest BCUT2D eigenvalue weighted by Gasteiger charge is 2.23. The molecule has 2 heteroatoms. The summed E-state index contributed by atoms with van der Waals surface area (Å²) >= 11 is 0. The van der Waals surface area contributed by atoms with Gasteiger partial charge in [-0.2, -0.15) is 0 Å². The SMILES string of the molecule is CCc1cc(C(C)c2ccccc2)c(OC(C)=O)c(C(C)c2ccccc2)c1. The zero-order chi connectivity index (χ0) is 20.1. The standard InChI is InChI=1S/C26H28O2/c1-5-21-16-24(18(2)22-12-8-6-9-13-22)26(28-20(4)27)25(17-21)19(3)23-14-10-7-11-15-23/h6-19H,5H2,1-4H3. The van der Waals surface area contributed by atoms with Crippen molar-refractivity contribution in [1.29, 1.82) is 0 Å². The Morgan fingerprint density at radius 1 is 0.821 bits per heavy atom. The summed E-state index contributed by atoms with van der Waals surface area (Å²) < 4.78 is 5.82. The number of aryl methyl sites for hydroxylation is 1. The zero-order valence-corrected chi connectivity index (χ0v) is 17.1. The quantitative estimate of drug-likeness (QED) is 0.366. The molecule has 0 amide bonds. The Morgan fingerprint density at radius 3 is 1.61 bits per heavy atom. The molecule has 0 saturated heterocycles. The lowest BCUT2D eigenvalue weighted by Crippen LogP contribution is -2.12. The van der Waals surface area contributed by atoms with E-state index in [1.54, 1.807) is 0 Å². The molecule has 0 aromatic heterocycles. The fourth-order valence-electron chi connectivity index (χ4n) is 3.69. The Labute approximate surface area is 168 Å². The van der Waals surface area contributed by atoms with Crippen molar-refractivity contribution >= 4 is 5.97 Å². The van der Waals surface area contributed by atoms with Crippen LogP contribution in [0.25, 0.3) is 0 Å². The van der Waals surface area contributed by atoms with E-state index in [0.717, 1.165) is 17.5 Å². The molecule has 0 aliphatic carbocycles. The van der Waals surface area contributed by atoms with Gasteiger partial charge < -0.3 is 4.74 Å². The van der Waals surface area contributed by atoms with Gasteiger partial charge in [-0.15, -0.1) is 0 Å². The van der Waals surface area contributed by atoms with Crippen LogP contribution in [-0.4, -0.2) is 5.97 Å². The number of rotatable bonds is 6. The zero-order valence-electron chi connectivity index (χ0n) is 17.1. The molecule has 0 fully saturated rings. The largest absolute Gasteiger partial charge is 0.426 e. The lowest BCUT2D eigenvalue weighted by atomic mass is 9.84. The van der Waals surface area contributed by atoms with Crippen molar-refractivity contribution in [2.45, 2.75) is 46.0 Å². The van der Waals surface area contributed by atoms with Gasteiger partial charge in [0.2, 0.25) is 0 Å². The van der Waals surface area contributed by atoms with E-state index in [1.165, 1.54) is 23.6 Å². The third-order valence-electron chi connectivity index (χ3n) is 5.39. The van der Waals surface area contributed by atoms with Gasteiger partial charge in [0, 0.05) is 29.9 Å². The first-order chi connectivity index (χ1) is 13.5. The van der Waals surface area contributed by atoms with Crippen LogP contribution in [-0.2, 0) is 11.2 Å². The second-order valence-corrected chi connectivity index (χ2v) is 7.32. The maximum atomic E-state index is 12.0. The highest BCUT2D eigenvalue weighted by atomic mass is 16.5. The molecule has 0 saturated carbocycles. The van der Waals surface area contributed by atoms with Gasteiger partial charge in [0.25, 0.3) is 0 Å². The number of benzene rings is 3. The molecular formula is C26H28O2. The van der Waals surface area contributed by atoms with E-state index < -0.39 is 0 Å². The molecule has 0 bridgehead atoms. The van der Waals surface area contributed by atoms with Crippen LogP contribution in [0.2, 0.25) is 0 Å². The van der Waals surface area contributed by atoms with Crippen LogP contribution in [0.15, 0.2) is 72.8 Å². The number of ether oxygens (including phenoxy) is 1. The number of hydrogen-bond donors (Lipinski definition) is 0. The Bertz CT molecular complexity index is 863. The van der Waals surface area contributed by atoms with E-state index in [2.05, 4.69) is 81.4 Å². The molecule has 3 aromatic carbocycles. The molecule has 0 heterocycles. The average molecular weight is 373 g/mol. The summed E-state index contributed by atoms with van der Waals surface area (Å²) in [7, 11) is 0. The van der Waals surface area contributed by atoms with E-state index in [9.17, 15) is 4.79 Å². The normalized spacial score (nSPS) is 13.0. The maximum Gasteiger partial charge on any atom is 0.308 e. The first-order valence-corrected chi connectivity index (χ1v) is 9.96. The summed E-state index contributed by atoms with van der Waals surface area (Å²) in [5.41, 5.74) is 5.81. The third kappa shape index (κ3) is 4.33. The van der Waals surface area contributed by atoms with Gasteiger partial charge in [-0.25, -0.2) is 0 Å². The van der Waals surface area contributed by atoms with Gasteiger partial charge in [-0.1, -0.05) is 93.6 Å². The molecule has 2 atom stereocenters. The smallest absolute Gasteiger partial charge is 0.308 e. The summed E-state index contributed by atoms with van der Waals surface area (Å²) in [6, 6.07) is 25.1. The summed E-state index contributed by atoms with van der Waals surface area (Å²) in [6.07, 6.45) is 0.934. The minimum atomic E-state index is -0.285. The number of carbonyl (C=O) groups is 1. The molecule has 2 nitrogen and oxygen atoms in total. The van der Waals surface area contributed by atoms with E-state index >= 15 is 0 Å². The lowest BCUT2D eigenvalue weighted by molar-refractivity contribution is -0.132. The molecule has 0 spiro atoms. The third-order valence-corrected chi connectivity index (χ3v) is 5.39. The first-order valence-electron chi connectivity index (χ1n) is 9.96. The van der Waals surface area contributed by atoms with Crippen LogP contribution in [0.4, 0.5) is 0 Å². The monoisotopic (exact) mass is 372 g/mol. The van der Waals surface area contributed by atoms with E-state index in [4.69, 9.17) is 4.74 Å². The Hall–Kier alpha value is -2.87. The van der Waals surface area contributed by atoms with Crippen LogP contribution in [0, 0.1) is 0 Å². The van der Waals surface area contributed by atoms with Crippen molar-refractivity contribution < 1.29 is 9.53 Å². The average Bonchev–Trinajstić information content (AvgIpc) is 2.73. The van der Waals surface area contributed by atoms with E-state index in [1.807, 2.05) is 12.1 Å². The molecule has 0 aliphatic heterocycles.